The standard InChI is InChI=1S/C9H14/c1-4-5-6-7-8-9(2)3/h5,8-9H,4H2,1-3H3. The Kier molecular flexibility index (Phi) is 5.01. The number of allylic oxidation sites excluding steroid dienone is 2. The smallest absolute Gasteiger partial charge is 0.0208 e. The SMILES string of the molecule is CCC=C=C=CC(C)C. The zero-order valence-electron chi connectivity index (χ0n) is 6.44. The van der Waals surface area contributed by atoms with E-state index in [1.807, 2.05) is 12.2 Å². The lowest BCUT2D eigenvalue weighted by molar-refractivity contribution is 0.833. The third kappa shape index (κ3) is 7.30. The van der Waals surface area contributed by atoms with Gasteiger partial charge in [0.05, 0.1) is 0 Å². The third-order valence-electron chi connectivity index (χ3n) is 0.806. The molecule has 0 aliphatic rings. The Bertz CT molecular complexity index is 139. The van der Waals surface area contributed by atoms with Gasteiger partial charge in [-0.2, -0.15) is 0 Å². The number of hydrogen-bond donors (Lipinski definition) is 0. The average Bonchev–Trinajstić information content (AvgIpc) is 1.80. The van der Waals surface area contributed by atoms with Gasteiger partial charge < -0.3 is 0 Å². The molecule has 0 aromatic heterocycles. The Morgan fingerprint density at radius 3 is 2.44 bits per heavy atom. The van der Waals surface area contributed by atoms with Crippen molar-refractivity contribution in [2.24, 2.45) is 5.92 Å². The summed E-state index contributed by atoms with van der Waals surface area (Å²) in [6.45, 7) is 6.34. The average molecular weight is 122 g/mol. The van der Waals surface area contributed by atoms with Crippen molar-refractivity contribution in [1.29, 1.82) is 0 Å². The highest BCUT2D eigenvalue weighted by atomic mass is 13.8. The summed E-state index contributed by atoms with van der Waals surface area (Å²) in [4.78, 5) is 0. The van der Waals surface area contributed by atoms with E-state index >= 15 is 0 Å². The van der Waals surface area contributed by atoms with E-state index in [1.54, 1.807) is 0 Å². The molecule has 0 rings (SSSR count). The number of hydrogen-bond acceptors (Lipinski definition) is 0. The molecule has 50 valence electrons. The summed E-state index contributed by atoms with van der Waals surface area (Å²) in [6, 6.07) is 0. The molecule has 0 aromatic rings. The highest BCUT2D eigenvalue weighted by molar-refractivity contribution is 4.87. The van der Waals surface area contributed by atoms with Crippen molar-refractivity contribution in [2.45, 2.75) is 27.2 Å². The van der Waals surface area contributed by atoms with E-state index in [0.29, 0.717) is 5.92 Å². The van der Waals surface area contributed by atoms with E-state index in [9.17, 15) is 0 Å². The maximum atomic E-state index is 2.96. The van der Waals surface area contributed by atoms with Crippen LogP contribution in [0.3, 0.4) is 0 Å². The van der Waals surface area contributed by atoms with Gasteiger partial charge in [-0.15, -0.1) is 0 Å². The van der Waals surface area contributed by atoms with Crippen molar-refractivity contribution in [1.82, 2.24) is 0 Å². The van der Waals surface area contributed by atoms with Crippen LogP contribution in [0.15, 0.2) is 23.6 Å². The van der Waals surface area contributed by atoms with Crippen molar-refractivity contribution in [3.63, 3.8) is 0 Å². The predicted molar refractivity (Wildman–Crippen MR) is 41.3 cm³/mol. The van der Waals surface area contributed by atoms with Gasteiger partial charge in [-0.3, -0.25) is 0 Å². The highest BCUT2D eigenvalue weighted by Gasteiger charge is 1.77. The van der Waals surface area contributed by atoms with Crippen molar-refractivity contribution in [3.05, 3.63) is 23.6 Å². The molecule has 0 nitrogen and oxygen atoms in total. The van der Waals surface area contributed by atoms with Crippen LogP contribution in [0.2, 0.25) is 0 Å². The van der Waals surface area contributed by atoms with E-state index in [0.717, 1.165) is 6.42 Å². The third-order valence-corrected chi connectivity index (χ3v) is 0.806. The molecule has 0 radical (unpaired) electrons. The van der Waals surface area contributed by atoms with E-state index in [4.69, 9.17) is 0 Å². The minimum atomic E-state index is 0.586. The summed E-state index contributed by atoms with van der Waals surface area (Å²) < 4.78 is 0. The minimum Gasteiger partial charge on any atom is -0.0750 e. The van der Waals surface area contributed by atoms with Crippen molar-refractivity contribution in [3.8, 4) is 0 Å². The van der Waals surface area contributed by atoms with Gasteiger partial charge in [0.25, 0.3) is 0 Å². The van der Waals surface area contributed by atoms with Crippen molar-refractivity contribution < 1.29 is 0 Å². The van der Waals surface area contributed by atoms with E-state index < -0.39 is 0 Å². The zero-order chi connectivity index (χ0) is 7.11. The first-order valence-electron chi connectivity index (χ1n) is 3.43. The second-order valence-electron chi connectivity index (χ2n) is 2.31. The van der Waals surface area contributed by atoms with Crippen LogP contribution in [0.5, 0.6) is 0 Å². The van der Waals surface area contributed by atoms with Gasteiger partial charge >= 0.3 is 0 Å². The molecule has 0 saturated heterocycles. The second-order valence-corrected chi connectivity index (χ2v) is 2.31. The van der Waals surface area contributed by atoms with Crippen molar-refractivity contribution >= 4 is 0 Å². The molecule has 0 N–H and O–H groups in total. The Morgan fingerprint density at radius 1 is 1.33 bits per heavy atom. The van der Waals surface area contributed by atoms with Crippen LogP contribution in [0.25, 0.3) is 0 Å². The minimum absolute atomic E-state index is 0.586. The Balaban J connectivity index is 3.80. The molecular formula is C9H14. The van der Waals surface area contributed by atoms with Gasteiger partial charge in [0.1, 0.15) is 0 Å². The molecular weight excluding hydrogens is 108 g/mol. The summed E-state index contributed by atoms with van der Waals surface area (Å²) >= 11 is 0. The first kappa shape index (κ1) is 8.30. The summed E-state index contributed by atoms with van der Waals surface area (Å²) in [5.41, 5.74) is 5.89. The quantitative estimate of drug-likeness (QED) is 0.494. The van der Waals surface area contributed by atoms with E-state index in [2.05, 4.69) is 32.2 Å². The van der Waals surface area contributed by atoms with Gasteiger partial charge in [-0.05, 0) is 24.5 Å². The maximum Gasteiger partial charge on any atom is -0.0208 e. The molecule has 0 aliphatic carbocycles. The molecule has 0 amide bonds. The Morgan fingerprint density at radius 2 is 2.00 bits per heavy atom. The van der Waals surface area contributed by atoms with Gasteiger partial charge in [0, 0.05) is 0 Å². The molecule has 0 atom stereocenters. The van der Waals surface area contributed by atoms with E-state index in [-0.39, 0.29) is 0 Å². The molecule has 9 heavy (non-hydrogen) atoms. The molecule has 0 spiro atoms. The normalized spacial score (nSPS) is 8.00. The predicted octanol–water partition coefficient (Wildman–Crippen LogP) is 2.92. The van der Waals surface area contributed by atoms with Crippen LogP contribution < -0.4 is 0 Å². The van der Waals surface area contributed by atoms with Crippen LogP contribution in [0, 0.1) is 5.92 Å². The molecule has 0 unspecified atom stereocenters. The van der Waals surface area contributed by atoms with Crippen molar-refractivity contribution in [2.75, 3.05) is 0 Å². The summed E-state index contributed by atoms with van der Waals surface area (Å²) in [5, 5.41) is 0. The van der Waals surface area contributed by atoms with Crippen LogP contribution in [-0.2, 0) is 0 Å². The fourth-order valence-electron chi connectivity index (χ4n) is 0.376. The van der Waals surface area contributed by atoms with Gasteiger partial charge in [0.15, 0.2) is 0 Å². The monoisotopic (exact) mass is 122 g/mol. The van der Waals surface area contributed by atoms with Gasteiger partial charge in [-0.25, -0.2) is 0 Å². The van der Waals surface area contributed by atoms with Gasteiger partial charge in [0.2, 0.25) is 0 Å². The molecule has 0 aromatic carbocycles. The summed E-state index contributed by atoms with van der Waals surface area (Å²) in [7, 11) is 0. The number of rotatable bonds is 2. The second kappa shape index (κ2) is 5.44. The topological polar surface area (TPSA) is 0 Å². The summed E-state index contributed by atoms with van der Waals surface area (Å²) in [5.74, 6) is 0.586. The Hall–Kier alpha value is -0.700. The zero-order valence-corrected chi connectivity index (χ0v) is 6.44. The lowest BCUT2D eigenvalue weighted by Gasteiger charge is -1.84. The lowest BCUT2D eigenvalue weighted by Crippen LogP contribution is -1.72. The van der Waals surface area contributed by atoms with Crippen LogP contribution in [0.4, 0.5) is 0 Å². The fourth-order valence-corrected chi connectivity index (χ4v) is 0.376. The molecule has 0 saturated carbocycles. The highest BCUT2D eigenvalue weighted by Crippen LogP contribution is 1.89. The molecule has 0 bridgehead atoms. The lowest BCUT2D eigenvalue weighted by atomic mass is 10.2. The molecule has 0 fully saturated rings. The largest absolute Gasteiger partial charge is 0.0750 e. The Labute approximate surface area is 57.6 Å². The first-order valence-corrected chi connectivity index (χ1v) is 3.43. The van der Waals surface area contributed by atoms with E-state index in [1.165, 1.54) is 0 Å². The molecule has 0 heterocycles. The van der Waals surface area contributed by atoms with Crippen LogP contribution >= 0.6 is 0 Å². The maximum absolute atomic E-state index is 2.96. The first-order chi connectivity index (χ1) is 4.27. The van der Waals surface area contributed by atoms with Crippen LogP contribution in [0.1, 0.15) is 27.2 Å². The summed E-state index contributed by atoms with van der Waals surface area (Å²) in [6.07, 6.45) is 5.02. The molecule has 0 heteroatoms. The van der Waals surface area contributed by atoms with Crippen LogP contribution in [-0.4, -0.2) is 0 Å². The van der Waals surface area contributed by atoms with Gasteiger partial charge in [-0.1, -0.05) is 32.2 Å². The molecule has 0 aliphatic heterocycles. The fraction of sp³-hybridized carbons (Fsp3) is 0.556.